The molecule has 1 saturated heterocycles. The molecule has 6 heteroatoms. The van der Waals surface area contributed by atoms with Crippen molar-refractivity contribution in [1.29, 1.82) is 0 Å². The quantitative estimate of drug-likeness (QED) is 0.769. The van der Waals surface area contributed by atoms with Gasteiger partial charge in [-0.2, -0.15) is 0 Å². The van der Waals surface area contributed by atoms with Gasteiger partial charge in [-0.05, 0) is 17.7 Å². The lowest BCUT2D eigenvalue weighted by Gasteiger charge is -2.18. The fraction of sp³-hybridized carbons (Fsp3) is 0.500. The van der Waals surface area contributed by atoms with E-state index in [4.69, 9.17) is 14.2 Å². The maximum atomic E-state index is 11.8. The highest BCUT2D eigenvalue weighted by Crippen LogP contribution is 2.38. The van der Waals surface area contributed by atoms with Gasteiger partial charge in [-0.3, -0.25) is 4.79 Å². The van der Waals surface area contributed by atoms with E-state index in [1.54, 1.807) is 21.3 Å². The number of carbonyl (C=O) groups excluding carboxylic acids is 1. The summed E-state index contributed by atoms with van der Waals surface area (Å²) >= 11 is 3.48. The van der Waals surface area contributed by atoms with Gasteiger partial charge in [-0.25, -0.2) is 0 Å². The highest BCUT2D eigenvalue weighted by Gasteiger charge is 2.28. The third kappa shape index (κ3) is 3.00. The summed E-state index contributed by atoms with van der Waals surface area (Å²) in [6, 6.07) is 3.74. The predicted molar refractivity (Wildman–Crippen MR) is 78.8 cm³/mol. The Morgan fingerprint density at radius 3 is 2.20 bits per heavy atom. The van der Waals surface area contributed by atoms with Crippen molar-refractivity contribution in [2.75, 3.05) is 27.9 Å². The van der Waals surface area contributed by atoms with Crippen LogP contribution >= 0.6 is 15.9 Å². The maximum absolute atomic E-state index is 11.8. The van der Waals surface area contributed by atoms with Gasteiger partial charge in [-0.15, -0.1) is 0 Å². The molecule has 1 fully saturated rings. The van der Waals surface area contributed by atoms with E-state index in [1.165, 1.54) is 0 Å². The third-order valence-electron chi connectivity index (χ3n) is 3.27. The number of rotatable bonds is 5. The number of hydrogen-bond donors (Lipinski definition) is 0. The fourth-order valence-corrected chi connectivity index (χ4v) is 2.95. The van der Waals surface area contributed by atoms with Gasteiger partial charge in [0, 0.05) is 24.3 Å². The third-order valence-corrected chi connectivity index (χ3v) is 3.88. The first-order valence-electron chi connectivity index (χ1n) is 6.29. The normalized spacial score (nSPS) is 18.3. The van der Waals surface area contributed by atoms with Crippen molar-refractivity contribution in [3.05, 3.63) is 17.7 Å². The minimum atomic E-state index is 0.153. The van der Waals surface area contributed by atoms with Crippen LogP contribution in [0.4, 0.5) is 0 Å². The number of halogens is 1. The molecule has 1 aliphatic heterocycles. The fourth-order valence-electron chi connectivity index (χ4n) is 2.32. The molecule has 0 aliphatic carbocycles. The first kappa shape index (κ1) is 15.0. The van der Waals surface area contributed by atoms with Crippen LogP contribution in [0.25, 0.3) is 0 Å². The van der Waals surface area contributed by atoms with Crippen molar-refractivity contribution in [2.24, 2.45) is 0 Å². The Morgan fingerprint density at radius 2 is 1.80 bits per heavy atom. The van der Waals surface area contributed by atoms with Crippen molar-refractivity contribution in [2.45, 2.75) is 17.8 Å². The first-order chi connectivity index (χ1) is 9.58. The molecule has 0 spiro atoms. The number of carbonyl (C=O) groups is 1. The lowest BCUT2D eigenvalue weighted by molar-refractivity contribution is -0.128. The number of benzene rings is 1. The molecule has 1 aromatic rings. The summed E-state index contributed by atoms with van der Waals surface area (Å²) < 4.78 is 15.9. The molecular weight excluding hydrogens is 326 g/mol. The number of ether oxygens (including phenoxy) is 3. The molecule has 1 aliphatic rings. The SMILES string of the molecule is COc1cc(CN2CC(Br)CC2=O)cc(OC)c1OC. The van der Waals surface area contributed by atoms with Gasteiger partial charge in [0.1, 0.15) is 0 Å². The average Bonchev–Trinajstić information content (AvgIpc) is 2.75. The second-order valence-electron chi connectivity index (χ2n) is 4.61. The number of hydrogen-bond acceptors (Lipinski definition) is 4. The predicted octanol–water partition coefficient (Wildman–Crippen LogP) is 2.21. The Labute approximate surface area is 126 Å². The minimum absolute atomic E-state index is 0.153. The zero-order chi connectivity index (χ0) is 14.7. The van der Waals surface area contributed by atoms with Gasteiger partial charge in [0.15, 0.2) is 11.5 Å². The molecule has 0 bridgehead atoms. The molecule has 1 unspecified atom stereocenters. The molecule has 1 atom stereocenters. The number of methoxy groups -OCH3 is 3. The number of alkyl halides is 1. The zero-order valence-electron chi connectivity index (χ0n) is 11.8. The molecule has 110 valence electrons. The van der Waals surface area contributed by atoms with E-state index in [2.05, 4.69) is 15.9 Å². The highest BCUT2D eigenvalue weighted by molar-refractivity contribution is 9.09. The number of likely N-dealkylation sites (tertiary alicyclic amines) is 1. The van der Waals surface area contributed by atoms with Crippen LogP contribution in [-0.4, -0.2) is 43.5 Å². The van der Waals surface area contributed by atoms with E-state index in [9.17, 15) is 4.79 Å². The molecule has 1 aromatic carbocycles. The molecule has 0 N–H and O–H groups in total. The van der Waals surface area contributed by atoms with Crippen LogP contribution in [-0.2, 0) is 11.3 Å². The van der Waals surface area contributed by atoms with E-state index in [-0.39, 0.29) is 10.7 Å². The van der Waals surface area contributed by atoms with Crippen LogP contribution in [0.2, 0.25) is 0 Å². The Balaban J connectivity index is 2.26. The van der Waals surface area contributed by atoms with Crippen molar-refractivity contribution in [3.8, 4) is 17.2 Å². The lowest BCUT2D eigenvalue weighted by Crippen LogP contribution is -2.24. The van der Waals surface area contributed by atoms with Gasteiger partial charge >= 0.3 is 0 Å². The molecule has 1 amide bonds. The lowest BCUT2D eigenvalue weighted by atomic mass is 10.1. The molecule has 0 aromatic heterocycles. The van der Waals surface area contributed by atoms with E-state index >= 15 is 0 Å². The molecule has 0 radical (unpaired) electrons. The second kappa shape index (κ2) is 6.35. The highest BCUT2D eigenvalue weighted by atomic mass is 79.9. The summed E-state index contributed by atoms with van der Waals surface area (Å²) in [7, 11) is 4.73. The van der Waals surface area contributed by atoms with Crippen molar-refractivity contribution in [3.63, 3.8) is 0 Å². The Hall–Kier alpha value is -1.43. The first-order valence-corrected chi connectivity index (χ1v) is 7.21. The molecular formula is C14H18BrNO4. The van der Waals surface area contributed by atoms with Crippen LogP contribution in [0, 0.1) is 0 Å². The molecule has 0 saturated carbocycles. The summed E-state index contributed by atoms with van der Waals surface area (Å²) in [5.74, 6) is 1.92. The second-order valence-corrected chi connectivity index (χ2v) is 5.90. The number of amides is 1. The van der Waals surface area contributed by atoms with Crippen LogP contribution in [0.3, 0.4) is 0 Å². The number of nitrogens with zero attached hydrogens (tertiary/aromatic N) is 1. The van der Waals surface area contributed by atoms with Crippen molar-refractivity contribution < 1.29 is 19.0 Å². The van der Waals surface area contributed by atoms with Gasteiger partial charge < -0.3 is 19.1 Å². The van der Waals surface area contributed by atoms with Gasteiger partial charge in [0.25, 0.3) is 0 Å². The van der Waals surface area contributed by atoms with E-state index in [0.29, 0.717) is 30.2 Å². The molecule has 5 nitrogen and oxygen atoms in total. The topological polar surface area (TPSA) is 48.0 Å². The Bertz CT molecular complexity index is 481. The molecule has 2 rings (SSSR count). The summed E-state index contributed by atoms with van der Waals surface area (Å²) in [5, 5.41) is 0. The summed E-state index contributed by atoms with van der Waals surface area (Å²) in [4.78, 5) is 13.9. The van der Waals surface area contributed by atoms with Crippen LogP contribution < -0.4 is 14.2 Å². The molecule has 20 heavy (non-hydrogen) atoms. The largest absolute Gasteiger partial charge is 0.493 e. The van der Waals surface area contributed by atoms with Gasteiger partial charge in [0.05, 0.1) is 21.3 Å². The molecule has 1 heterocycles. The monoisotopic (exact) mass is 343 g/mol. The maximum Gasteiger partial charge on any atom is 0.224 e. The van der Waals surface area contributed by atoms with E-state index in [0.717, 1.165) is 12.1 Å². The van der Waals surface area contributed by atoms with Crippen LogP contribution in [0.5, 0.6) is 17.2 Å². The zero-order valence-corrected chi connectivity index (χ0v) is 13.4. The van der Waals surface area contributed by atoms with Crippen molar-refractivity contribution in [1.82, 2.24) is 4.90 Å². The van der Waals surface area contributed by atoms with Gasteiger partial charge in [-0.1, -0.05) is 15.9 Å². The van der Waals surface area contributed by atoms with Crippen molar-refractivity contribution >= 4 is 21.8 Å². The minimum Gasteiger partial charge on any atom is -0.493 e. The van der Waals surface area contributed by atoms with E-state index < -0.39 is 0 Å². The summed E-state index contributed by atoms with van der Waals surface area (Å²) in [5.41, 5.74) is 0.953. The summed E-state index contributed by atoms with van der Waals surface area (Å²) in [6.07, 6.45) is 0.546. The van der Waals surface area contributed by atoms with Crippen LogP contribution in [0.1, 0.15) is 12.0 Å². The average molecular weight is 344 g/mol. The smallest absolute Gasteiger partial charge is 0.224 e. The van der Waals surface area contributed by atoms with Crippen LogP contribution in [0.15, 0.2) is 12.1 Å². The Morgan fingerprint density at radius 1 is 1.20 bits per heavy atom. The summed E-state index contributed by atoms with van der Waals surface area (Å²) in [6.45, 7) is 1.26. The van der Waals surface area contributed by atoms with E-state index in [1.807, 2.05) is 17.0 Å². The van der Waals surface area contributed by atoms with Gasteiger partial charge in [0.2, 0.25) is 11.7 Å². The Kier molecular flexibility index (Phi) is 4.75. The standard InChI is InChI=1S/C14H18BrNO4/c1-18-11-4-9(5-12(19-2)14(11)20-3)7-16-8-10(15)6-13(16)17/h4-5,10H,6-8H2,1-3H3.